The van der Waals surface area contributed by atoms with Gasteiger partial charge in [-0.2, -0.15) is 8.42 Å². The minimum Gasteiger partial charge on any atom is -0.312 e. The molecule has 1 aliphatic heterocycles. The fourth-order valence-electron chi connectivity index (χ4n) is 2.46. The van der Waals surface area contributed by atoms with Crippen molar-refractivity contribution in [2.75, 3.05) is 19.3 Å². The van der Waals surface area contributed by atoms with Gasteiger partial charge in [0.1, 0.15) is 17.6 Å². The molecule has 0 bridgehead atoms. The van der Waals surface area contributed by atoms with E-state index < -0.39 is 16.2 Å². The Balaban J connectivity index is 1.86. The minimum absolute atomic E-state index is 0.317. The Kier molecular flexibility index (Phi) is 3.94. The van der Waals surface area contributed by atoms with Crippen molar-refractivity contribution in [2.24, 2.45) is 0 Å². The molecule has 118 valence electrons. The maximum atomic E-state index is 13.8. The molecule has 0 unspecified atom stereocenters. The zero-order valence-corrected chi connectivity index (χ0v) is 12.6. The molecule has 7 nitrogen and oxygen atoms in total. The summed E-state index contributed by atoms with van der Waals surface area (Å²) in [5, 5.41) is 11.0. The summed E-state index contributed by atoms with van der Waals surface area (Å²) in [7, 11) is -3.56. The highest BCUT2D eigenvalue weighted by Gasteiger charge is 2.33. The fraction of sp³-hybridized carbons (Fsp3) is 0.385. The van der Waals surface area contributed by atoms with Crippen LogP contribution in [0.4, 0.5) is 4.39 Å². The van der Waals surface area contributed by atoms with Crippen molar-refractivity contribution in [3.05, 3.63) is 36.3 Å². The monoisotopic (exact) mass is 326 g/mol. The van der Waals surface area contributed by atoms with Gasteiger partial charge in [-0.25, -0.2) is 9.07 Å². The van der Waals surface area contributed by atoms with Crippen molar-refractivity contribution in [2.45, 2.75) is 12.1 Å². The quantitative estimate of drug-likeness (QED) is 0.827. The third-order valence-electron chi connectivity index (χ3n) is 3.43. The van der Waals surface area contributed by atoms with Crippen LogP contribution in [0, 0.1) is 5.82 Å². The van der Waals surface area contributed by atoms with Gasteiger partial charge in [0.2, 0.25) is 0 Å². The predicted molar refractivity (Wildman–Crippen MR) is 77.0 cm³/mol. The Labute approximate surface area is 127 Å². The summed E-state index contributed by atoms with van der Waals surface area (Å²) in [6.07, 6.45) is 2.04. The van der Waals surface area contributed by atoms with Crippen molar-refractivity contribution in [3.8, 4) is 11.3 Å². The van der Waals surface area contributed by atoms with Crippen molar-refractivity contribution >= 4 is 10.1 Å². The van der Waals surface area contributed by atoms with E-state index in [4.69, 9.17) is 4.18 Å². The summed E-state index contributed by atoms with van der Waals surface area (Å²) < 4.78 is 42.9. The number of nitrogens with one attached hydrogen (secondary N) is 1. The Bertz CT molecular complexity index is 777. The van der Waals surface area contributed by atoms with Crippen LogP contribution in [0.3, 0.4) is 0 Å². The van der Waals surface area contributed by atoms with Crippen LogP contribution in [0.5, 0.6) is 0 Å². The van der Waals surface area contributed by atoms with Crippen LogP contribution in [-0.2, 0) is 14.3 Å². The van der Waals surface area contributed by atoms with Gasteiger partial charge in [0.15, 0.2) is 0 Å². The number of hydrogen-bond donors (Lipinski definition) is 1. The maximum Gasteiger partial charge on any atom is 0.264 e. The fourth-order valence-corrected chi connectivity index (χ4v) is 3.10. The lowest BCUT2D eigenvalue weighted by atomic mass is 10.1. The van der Waals surface area contributed by atoms with Crippen LogP contribution in [0.15, 0.2) is 30.5 Å². The second kappa shape index (κ2) is 5.75. The summed E-state index contributed by atoms with van der Waals surface area (Å²) in [4.78, 5) is 0. The van der Waals surface area contributed by atoms with Crippen molar-refractivity contribution in [1.29, 1.82) is 0 Å². The molecule has 1 N–H and O–H groups in total. The molecule has 3 rings (SSSR count). The highest BCUT2D eigenvalue weighted by atomic mass is 32.2. The third-order valence-corrected chi connectivity index (χ3v) is 4.02. The molecule has 0 radical (unpaired) electrons. The Hall–Kier alpha value is -1.84. The lowest BCUT2D eigenvalue weighted by molar-refractivity contribution is 0.177. The summed E-state index contributed by atoms with van der Waals surface area (Å²) in [6, 6.07) is 5.95. The normalized spacial score (nSPS) is 22.1. The molecule has 2 aromatic rings. The molecule has 2 heterocycles. The van der Waals surface area contributed by atoms with Gasteiger partial charge in [0, 0.05) is 18.7 Å². The van der Waals surface area contributed by atoms with Crippen LogP contribution in [0.1, 0.15) is 6.04 Å². The molecule has 1 aromatic carbocycles. The zero-order valence-electron chi connectivity index (χ0n) is 11.8. The first-order valence-corrected chi connectivity index (χ1v) is 8.51. The summed E-state index contributed by atoms with van der Waals surface area (Å²) in [6.45, 7) is 0.896. The summed E-state index contributed by atoms with van der Waals surface area (Å²) in [5.41, 5.74) is 0.739. The van der Waals surface area contributed by atoms with E-state index in [1.54, 1.807) is 24.4 Å². The second-order valence-corrected chi connectivity index (χ2v) is 6.73. The van der Waals surface area contributed by atoms with Crippen LogP contribution in [-0.4, -0.2) is 48.9 Å². The summed E-state index contributed by atoms with van der Waals surface area (Å²) >= 11 is 0. The molecule has 1 aromatic heterocycles. The van der Waals surface area contributed by atoms with E-state index in [1.807, 2.05) is 0 Å². The van der Waals surface area contributed by atoms with Gasteiger partial charge in [0.05, 0.1) is 18.5 Å². The highest BCUT2D eigenvalue weighted by Crippen LogP contribution is 2.24. The standard InChI is InChI=1S/C13H15FN4O3S/c1-22(19,20)21-13-7-15-6-12(13)18-8-11(16-17-18)9-4-2-3-5-10(9)14/h2-5,8,12-13,15H,6-7H2,1H3/t12-,13-/m1/s1. The number of hydrogen-bond acceptors (Lipinski definition) is 6. The van der Waals surface area contributed by atoms with Gasteiger partial charge in [-0.3, -0.25) is 4.18 Å². The van der Waals surface area contributed by atoms with Crippen LogP contribution < -0.4 is 5.32 Å². The molecule has 0 amide bonds. The smallest absolute Gasteiger partial charge is 0.264 e. The Morgan fingerprint density at radius 1 is 1.36 bits per heavy atom. The highest BCUT2D eigenvalue weighted by molar-refractivity contribution is 7.86. The molecule has 2 atom stereocenters. The van der Waals surface area contributed by atoms with E-state index in [2.05, 4.69) is 15.6 Å². The first-order valence-electron chi connectivity index (χ1n) is 6.70. The number of aromatic nitrogens is 3. The SMILES string of the molecule is CS(=O)(=O)O[C@@H]1CNC[C@H]1n1cc(-c2ccccc2F)nn1. The Morgan fingerprint density at radius 3 is 2.86 bits per heavy atom. The number of nitrogens with zero attached hydrogens (tertiary/aromatic N) is 3. The Morgan fingerprint density at radius 2 is 2.14 bits per heavy atom. The minimum atomic E-state index is -3.56. The molecular formula is C13H15FN4O3S. The molecule has 1 aliphatic rings. The van der Waals surface area contributed by atoms with Gasteiger partial charge in [-0.15, -0.1) is 5.10 Å². The van der Waals surface area contributed by atoms with E-state index >= 15 is 0 Å². The maximum absolute atomic E-state index is 13.8. The summed E-state index contributed by atoms with van der Waals surface area (Å²) in [5.74, 6) is -0.386. The van der Waals surface area contributed by atoms with E-state index in [0.717, 1.165) is 6.26 Å². The van der Waals surface area contributed by atoms with Gasteiger partial charge in [-0.05, 0) is 12.1 Å². The van der Waals surface area contributed by atoms with Crippen LogP contribution in [0.25, 0.3) is 11.3 Å². The first-order chi connectivity index (χ1) is 10.4. The van der Waals surface area contributed by atoms with Crippen LogP contribution in [0.2, 0.25) is 0 Å². The predicted octanol–water partition coefficient (Wildman–Crippen LogP) is 0.573. The molecule has 0 aliphatic carbocycles. The largest absolute Gasteiger partial charge is 0.312 e. The van der Waals surface area contributed by atoms with Gasteiger partial charge >= 0.3 is 0 Å². The first kappa shape index (κ1) is 15.1. The number of halogens is 1. The van der Waals surface area contributed by atoms with Crippen molar-refractivity contribution in [3.63, 3.8) is 0 Å². The molecule has 22 heavy (non-hydrogen) atoms. The molecule has 9 heteroatoms. The van der Waals surface area contributed by atoms with Gasteiger partial charge in [-0.1, -0.05) is 17.3 Å². The molecule has 1 saturated heterocycles. The molecule has 0 saturated carbocycles. The zero-order chi connectivity index (χ0) is 15.7. The molecule has 0 spiro atoms. The van der Waals surface area contributed by atoms with E-state index in [-0.39, 0.29) is 11.9 Å². The van der Waals surface area contributed by atoms with E-state index in [9.17, 15) is 12.8 Å². The van der Waals surface area contributed by atoms with E-state index in [1.165, 1.54) is 10.7 Å². The molecule has 1 fully saturated rings. The van der Waals surface area contributed by atoms with Gasteiger partial charge in [0.25, 0.3) is 10.1 Å². The van der Waals surface area contributed by atoms with Crippen LogP contribution >= 0.6 is 0 Å². The van der Waals surface area contributed by atoms with Crippen molar-refractivity contribution in [1.82, 2.24) is 20.3 Å². The average Bonchev–Trinajstić information content (AvgIpc) is 3.06. The topological polar surface area (TPSA) is 86.1 Å². The van der Waals surface area contributed by atoms with Gasteiger partial charge < -0.3 is 5.32 Å². The second-order valence-electron chi connectivity index (χ2n) is 5.13. The third kappa shape index (κ3) is 3.16. The lowest BCUT2D eigenvalue weighted by Gasteiger charge is -2.17. The molecular weight excluding hydrogens is 311 g/mol. The average molecular weight is 326 g/mol. The number of benzene rings is 1. The number of rotatable bonds is 4. The van der Waals surface area contributed by atoms with E-state index in [0.29, 0.717) is 24.3 Å². The van der Waals surface area contributed by atoms with Crippen molar-refractivity contribution < 1.29 is 17.0 Å². The lowest BCUT2D eigenvalue weighted by Crippen LogP contribution is -2.28.